The molecule has 41 heteroatoms. The predicted octanol–water partition coefficient (Wildman–Crippen LogP) is 11.3. The van der Waals surface area contributed by atoms with Crippen LogP contribution in [0.3, 0.4) is 0 Å². The molecule has 4 aromatic heterocycles. The van der Waals surface area contributed by atoms with Crippen molar-refractivity contribution >= 4 is 107 Å². The summed E-state index contributed by atoms with van der Waals surface area (Å²) in [5.74, 6) is -5.52. The van der Waals surface area contributed by atoms with Crippen LogP contribution in [0.25, 0.3) is 0 Å². The van der Waals surface area contributed by atoms with Gasteiger partial charge in [-0.15, -0.1) is 44.6 Å². The molecular weight excluding hydrogens is 2240 g/mol. The maximum Gasteiger partial charge on any atom is 1.00 e. The number of aromatic nitrogens is 10. The van der Waals surface area contributed by atoms with E-state index < -0.39 is 121 Å². The molecular formula is C109H107Cl5F6IN10NaO14S4. The number of hydrogen-bond acceptors (Lipinski definition) is 24. The van der Waals surface area contributed by atoms with Gasteiger partial charge in [0.2, 0.25) is 25.1 Å². The first-order valence-electron chi connectivity index (χ1n) is 45.8. The fraction of sp³-hybridized carbons (Fsp3) is 0.248. The zero-order valence-corrected chi connectivity index (χ0v) is 93.4. The molecule has 0 saturated heterocycles. The van der Waals surface area contributed by atoms with E-state index in [0.29, 0.717) is 35.1 Å². The molecule has 15 rings (SSSR count). The fourth-order valence-corrected chi connectivity index (χ4v) is 20.6. The molecule has 11 aromatic carbocycles. The number of rotatable bonds is 38. The number of ether oxygens (including phenoxy) is 7. The smallest absolute Gasteiger partial charge is 1.00 e. The largest absolute Gasteiger partial charge is 1.00 e. The van der Waals surface area contributed by atoms with Crippen molar-refractivity contribution in [1.29, 1.82) is 0 Å². The minimum Gasteiger partial charge on any atom is -1.00 e. The van der Waals surface area contributed by atoms with E-state index in [1.807, 2.05) is 127 Å². The van der Waals surface area contributed by atoms with Crippen LogP contribution in [0.2, 0.25) is 0 Å². The number of aliphatic hydroxyl groups is 3. The van der Waals surface area contributed by atoms with Crippen LogP contribution in [0, 0.1) is 34.9 Å². The molecule has 3 N–H and O–H groups in total. The van der Waals surface area contributed by atoms with Crippen molar-refractivity contribution < 1.29 is 181 Å². The average Bonchev–Trinajstić information content (AvgIpc) is 1.63. The standard InChI is InChI=1S/C40H37F3N5O4S.C24H23ClO3S.C21H22F3N5O4S.C21H20OS.C3H4Cl2O2.2ClH.HI.Na/c1-28(37-36(43)23-44-25-45-37)39(50,34-19-18-33(41)22-35(34)42)24-48-27-47(26-46-48)29(2)52-38(49)51-20-21-53-40(30-12-6-3-7-13-30,31-14-8-4-9-15-31)32-16-10-5-11-17-32;1-19(25)28-23(26)27-17-18-29-24(20-11-5-2-6-12-20,21-13-7-3-8-14-21)22-15-9-4-10-16-22;1-13(19-18(24)8-25-10-26-19)21(31,16-4-3-15(22)7-17(16)23)9-29-12-28(11-27-29)14(2)33-20(30)32-5-6-34;22-16-17-23-21(18-10-4-1-5-11-18,19-12-6-2-7-13-19)20-14-8-3-9-15-20;1-2(4)7-3(5)6;;;;/h3-19,22-23,25-29,50H,20-21,24H2,1-2H3;2-16,19H,17-18H2,1H3;3-4,7-8,10-14,31H,5-6,9H2,1-2H3;1-15,22H,16-17H2;2H,1H3;3*1H;/q+1;;;;;;;;+1/p-2/t28-,29?,39+;;13-,14?,21+;;;;;;/m0.0....../s1. The summed E-state index contributed by atoms with van der Waals surface area (Å²) in [5, 5.41) is 41.5. The van der Waals surface area contributed by atoms with E-state index in [1.54, 1.807) is 56.1 Å². The van der Waals surface area contributed by atoms with Crippen molar-refractivity contribution in [3.8, 4) is 0 Å². The van der Waals surface area contributed by atoms with Gasteiger partial charge in [0.1, 0.15) is 80.0 Å². The summed E-state index contributed by atoms with van der Waals surface area (Å²) in [6, 6.07) is 98.7. The Bertz CT molecular complexity index is 6310. The van der Waals surface area contributed by atoms with Gasteiger partial charge in [-0.2, -0.15) is 21.8 Å². The normalized spacial score (nSPS) is 13.0. The molecule has 15 aromatic rings. The van der Waals surface area contributed by atoms with Crippen LogP contribution < -0.4 is 87.5 Å². The van der Waals surface area contributed by atoms with Crippen molar-refractivity contribution in [1.82, 2.24) is 39.5 Å². The number of carbonyl (C=O) groups excluding carboxylic acids is 4. The number of benzene rings is 11. The number of hydrogen-bond donors (Lipinski definition) is 4. The van der Waals surface area contributed by atoms with Crippen LogP contribution >= 0.6 is 82.7 Å². The monoisotopic (exact) mass is 2350 g/mol. The van der Waals surface area contributed by atoms with Gasteiger partial charge in [-0.3, -0.25) is 0 Å². The van der Waals surface area contributed by atoms with Crippen molar-refractivity contribution in [3.63, 3.8) is 0 Å². The third-order valence-electron chi connectivity index (χ3n) is 22.9. The molecule has 0 amide bonds. The Morgan fingerprint density at radius 1 is 0.400 bits per heavy atom. The Morgan fingerprint density at radius 2 is 0.667 bits per heavy atom. The summed E-state index contributed by atoms with van der Waals surface area (Å²) < 4.78 is 126. The van der Waals surface area contributed by atoms with Gasteiger partial charge >= 0.3 is 53.5 Å². The number of thioether (sulfide) groups is 3. The minimum atomic E-state index is -2.15. The Morgan fingerprint density at radius 3 is 0.907 bits per heavy atom. The van der Waals surface area contributed by atoms with Crippen LogP contribution in [-0.4, -0.2) is 139 Å². The molecule has 150 heavy (non-hydrogen) atoms. The first-order chi connectivity index (χ1) is 70.4. The van der Waals surface area contributed by atoms with E-state index in [9.17, 15) is 56.4 Å². The van der Waals surface area contributed by atoms with Crippen LogP contribution in [0.15, 0.2) is 360 Å². The zero-order chi connectivity index (χ0) is 105. The fourth-order valence-electron chi connectivity index (χ4n) is 16.1. The van der Waals surface area contributed by atoms with Gasteiger partial charge in [0.05, 0.1) is 44.6 Å². The van der Waals surface area contributed by atoms with Crippen LogP contribution in [0.1, 0.15) is 138 Å². The molecule has 0 aliphatic heterocycles. The second-order valence-electron chi connectivity index (χ2n) is 32.5. The topological polar surface area (TPSA) is 289 Å². The summed E-state index contributed by atoms with van der Waals surface area (Å²) >= 11 is 24.6. The summed E-state index contributed by atoms with van der Waals surface area (Å²) in [7, 11) is 0. The van der Waals surface area contributed by atoms with Crippen molar-refractivity contribution in [2.75, 3.05) is 49.4 Å². The molecule has 0 aliphatic carbocycles. The van der Waals surface area contributed by atoms with Gasteiger partial charge in [0.25, 0.3) is 12.7 Å². The number of carbonyl (C=O) groups is 4. The molecule has 0 radical (unpaired) electrons. The third kappa shape index (κ3) is 34.3. The Balaban J connectivity index is 0.000000274. The Hall–Kier alpha value is -10.8. The van der Waals surface area contributed by atoms with E-state index in [-0.39, 0.29) is 139 Å². The zero-order valence-electron chi connectivity index (χ0n) is 82.1. The molecule has 8 atom stereocenters. The minimum absolute atomic E-state index is 0. The summed E-state index contributed by atoms with van der Waals surface area (Å²) in [4.78, 5) is 61.0. The molecule has 786 valence electrons. The Kier molecular flexibility index (Phi) is 52.9. The van der Waals surface area contributed by atoms with Gasteiger partial charge < -0.3 is 97.3 Å². The maximum absolute atomic E-state index is 15.1. The maximum atomic E-state index is 15.1. The second-order valence-corrected chi connectivity index (χ2v) is 38.4. The van der Waals surface area contributed by atoms with Crippen LogP contribution in [0.4, 0.5) is 45.5 Å². The van der Waals surface area contributed by atoms with E-state index >= 15 is 4.39 Å². The first kappa shape index (κ1) is 126. The van der Waals surface area contributed by atoms with E-state index in [0.717, 1.165) is 66.0 Å². The number of thiol groups is 1. The average molecular weight is 2350 g/mol. The van der Waals surface area contributed by atoms with E-state index in [1.165, 1.54) is 98.0 Å². The summed E-state index contributed by atoms with van der Waals surface area (Å²) in [5.41, 5.74) is 3.07. The van der Waals surface area contributed by atoms with Gasteiger partial charge in [-0.1, -0.05) is 322 Å². The third-order valence-corrected chi connectivity index (χ3v) is 27.9. The van der Waals surface area contributed by atoms with Crippen molar-refractivity contribution in [2.45, 2.75) is 115 Å². The number of alkyl halides is 2. The van der Waals surface area contributed by atoms with Crippen LogP contribution in [-0.2, 0) is 71.7 Å². The SMILES string of the molecule is CC(Cl)OC(=O)Cl.CC(Cl)OC(=O)OCCSC(c1ccccc1)(c1ccccc1)c1ccccc1.CC(OC(=O)OCCS)[n+]1cnn(C[C@](O)(c2ccc(F)cc2F)[C@@H](C)c2ncncc2F)c1.CC(OC(=O)OCCSC(c1ccccc1)(c1ccccc1)c1ccccc1)[n+]1cnn(C[C@](O)(c2ccc(F)cc2F)[C@@H](C)c2ncncc2F)c1.OCCSC(c1ccccc1)(c1ccccc1)c1ccccc1.[Cl-].[Cl-].[I-].[Na+]. The van der Waals surface area contributed by atoms with E-state index in [2.05, 4.69) is 193 Å². The molecule has 4 unspecified atom stereocenters. The number of aliphatic hydroxyl groups excluding tert-OH is 1. The Labute approximate surface area is 951 Å². The molecule has 0 aliphatic rings. The molecule has 0 bridgehead atoms. The van der Waals surface area contributed by atoms with Gasteiger partial charge in [0.15, 0.2) is 22.8 Å². The quantitative estimate of drug-likeness (QED) is 0.00239. The number of nitrogens with zero attached hydrogens (tertiary/aromatic N) is 10. The van der Waals surface area contributed by atoms with Gasteiger partial charge in [-0.25, -0.2) is 65.5 Å². The summed E-state index contributed by atoms with van der Waals surface area (Å²) in [6.45, 7) is 8.90. The molecule has 24 nitrogen and oxygen atoms in total. The van der Waals surface area contributed by atoms with Crippen molar-refractivity contribution in [3.05, 3.63) is 467 Å². The van der Waals surface area contributed by atoms with E-state index in [4.69, 9.17) is 63.2 Å². The summed E-state index contributed by atoms with van der Waals surface area (Å²) in [6.07, 6.45) is 5.28. The molecule has 0 saturated carbocycles. The first-order valence-corrected chi connectivity index (χ1v) is 50.6. The molecule has 0 fully saturated rings. The predicted molar refractivity (Wildman–Crippen MR) is 552 cm³/mol. The van der Waals surface area contributed by atoms with Gasteiger partial charge in [-0.05, 0) is 76.1 Å². The second kappa shape index (κ2) is 63.0. The van der Waals surface area contributed by atoms with Crippen molar-refractivity contribution in [2.24, 2.45) is 0 Å². The molecule has 4 heterocycles. The van der Waals surface area contributed by atoms with Gasteiger partial charge in [0, 0.05) is 93.8 Å². The number of halogens is 12. The van der Waals surface area contributed by atoms with Crippen LogP contribution in [0.5, 0.6) is 0 Å². The molecule has 0 spiro atoms.